The summed E-state index contributed by atoms with van der Waals surface area (Å²) >= 11 is 0. The van der Waals surface area contributed by atoms with Crippen molar-refractivity contribution >= 4 is 0 Å². The van der Waals surface area contributed by atoms with Crippen molar-refractivity contribution in [2.75, 3.05) is 0 Å². The van der Waals surface area contributed by atoms with Gasteiger partial charge < -0.3 is 4.98 Å². The van der Waals surface area contributed by atoms with Crippen LogP contribution in [-0.2, 0) is 0 Å². The van der Waals surface area contributed by atoms with Crippen molar-refractivity contribution in [1.29, 1.82) is 0 Å². The number of rotatable bonds is 1. The molecule has 0 saturated heterocycles. The van der Waals surface area contributed by atoms with Crippen molar-refractivity contribution in [3.05, 3.63) is 58.0 Å². The largest absolute Gasteiger partial charge is 0.328 e. The van der Waals surface area contributed by atoms with Crippen molar-refractivity contribution in [1.82, 2.24) is 4.98 Å². The lowest BCUT2D eigenvalue weighted by atomic mass is 10.1. The Hall–Kier alpha value is -1.97. The molecule has 0 aliphatic carbocycles. The van der Waals surface area contributed by atoms with Crippen LogP contribution in [0.3, 0.4) is 0 Å². The lowest BCUT2D eigenvalue weighted by molar-refractivity contribution is 0.511. The molecule has 0 radical (unpaired) electrons. The van der Waals surface area contributed by atoms with Crippen molar-refractivity contribution in [3.63, 3.8) is 0 Å². The van der Waals surface area contributed by atoms with E-state index in [9.17, 15) is 13.6 Å². The Bertz CT molecular complexity index is 590. The maximum absolute atomic E-state index is 13.5. The minimum Gasteiger partial charge on any atom is -0.328 e. The second-order valence-corrected chi connectivity index (χ2v) is 3.52. The first-order chi connectivity index (χ1) is 7.59. The van der Waals surface area contributed by atoms with Crippen molar-refractivity contribution in [3.8, 4) is 11.1 Å². The van der Waals surface area contributed by atoms with E-state index in [-0.39, 0.29) is 11.1 Å². The first kappa shape index (κ1) is 10.5. The topological polar surface area (TPSA) is 32.9 Å². The van der Waals surface area contributed by atoms with E-state index in [4.69, 9.17) is 0 Å². The van der Waals surface area contributed by atoms with Gasteiger partial charge in [0, 0.05) is 11.8 Å². The van der Waals surface area contributed by atoms with Crippen LogP contribution in [0.5, 0.6) is 0 Å². The second-order valence-electron chi connectivity index (χ2n) is 3.52. The van der Waals surface area contributed by atoms with E-state index < -0.39 is 17.2 Å². The normalized spacial score (nSPS) is 10.4. The fourth-order valence-corrected chi connectivity index (χ4v) is 1.50. The van der Waals surface area contributed by atoms with Crippen LogP contribution < -0.4 is 5.56 Å². The minimum absolute atomic E-state index is 0.0232. The first-order valence-electron chi connectivity index (χ1n) is 4.73. The zero-order valence-corrected chi connectivity index (χ0v) is 8.55. The van der Waals surface area contributed by atoms with E-state index in [1.54, 1.807) is 6.92 Å². The minimum atomic E-state index is -1.00. The van der Waals surface area contributed by atoms with Crippen LogP contribution in [0.4, 0.5) is 8.78 Å². The molecule has 0 saturated carbocycles. The third-order valence-corrected chi connectivity index (χ3v) is 2.29. The van der Waals surface area contributed by atoms with Crippen LogP contribution in [-0.4, -0.2) is 4.98 Å². The van der Waals surface area contributed by atoms with Gasteiger partial charge in [-0.05, 0) is 24.6 Å². The fourth-order valence-electron chi connectivity index (χ4n) is 1.50. The summed E-state index contributed by atoms with van der Waals surface area (Å²) in [4.78, 5) is 14.0. The van der Waals surface area contributed by atoms with Crippen molar-refractivity contribution in [2.24, 2.45) is 0 Å². The smallest absolute Gasteiger partial charge is 0.255 e. The highest BCUT2D eigenvalue weighted by atomic mass is 19.2. The van der Waals surface area contributed by atoms with Crippen LogP contribution in [0.25, 0.3) is 11.1 Å². The molecule has 1 N–H and O–H groups in total. The highest BCUT2D eigenvalue weighted by Crippen LogP contribution is 2.21. The van der Waals surface area contributed by atoms with Gasteiger partial charge in [-0.3, -0.25) is 4.79 Å². The van der Waals surface area contributed by atoms with Crippen molar-refractivity contribution < 1.29 is 8.78 Å². The molecule has 0 spiro atoms. The van der Waals surface area contributed by atoms with Crippen molar-refractivity contribution in [2.45, 2.75) is 6.92 Å². The Balaban J connectivity index is 2.72. The Morgan fingerprint density at radius 2 is 1.94 bits per heavy atom. The average molecular weight is 221 g/mol. The zero-order chi connectivity index (χ0) is 11.7. The molecule has 2 rings (SSSR count). The number of hydrogen-bond donors (Lipinski definition) is 1. The maximum atomic E-state index is 13.5. The third-order valence-electron chi connectivity index (χ3n) is 2.29. The van der Waals surface area contributed by atoms with Gasteiger partial charge in [-0.15, -0.1) is 0 Å². The molecule has 1 heterocycles. The molecule has 82 valence electrons. The summed E-state index contributed by atoms with van der Waals surface area (Å²) in [6.07, 6.45) is 1.52. The lowest BCUT2D eigenvalue weighted by Gasteiger charge is -2.03. The van der Waals surface area contributed by atoms with Gasteiger partial charge in [0.2, 0.25) is 0 Å². The van der Waals surface area contributed by atoms with E-state index >= 15 is 0 Å². The molecule has 0 bridgehead atoms. The van der Waals surface area contributed by atoms with E-state index in [1.165, 1.54) is 24.4 Å². The van der Waals surface area contributed by atoms with Crippen LogP contribution in [0.1, 0.15) is 5.56 Å². The van der Waals surface area contributed by atoms with Gasteiger partial charge in [0.05, 0.1) is 5.56 Å². The van der Waals surface area contributed by atoms with Gasteiger partial charge in [-0.1, -0.05) is 12.1 Å². The van der Waals surface area contributed by atoms with Gasteiger partial charge in [-0.2, -0.15) is 0 Å². The summed E-state index contributed by atoms with van der Waals surface area (Å²) in [7, 11) is 0. The average Bonchev–Trinajstić information content (AvgIpc) is 2.26. The third kappa shape index (κ3) is 1.74. The van der Waals surface area contributed by atoms with E-state index in [2.05, 4.69) is 4.98 Å². The summed E-state index contributed by atoms with van der Waals surface area (Å²) in [6, 6.07) is 5.29. The van der Waals surface area contributed by atoms with Gasteiger partial charge >= 0.3 is 0 Å². The molecule has 0 unspecified atom stereocenters. The molecular formula is C12H9F2NO. The Labute approximate surface area is 90.6 Å². The summed E-state index contributed by atoms with van der Waals surface area (Å²) < 4.78 is 26.5. The SMILES string of the molecule is Cc1c[nH]c(=O)c(-c2cccc(F)c2F)c1. The predicted molar refractivity (Wildman–Crippen MR) is 57.2 cm³/mol. The number of H-pyrrole nitrogens is 1. The monoisotopic (exact) mass is 221 g/mol. The molecule has 2 aromatic rings. The van der Waals surface area contributed by atoms with E-state index in [0.717, 1.165) is 11.6 Å². The molecule has 4 heteroatoms. The summed E-state index contributed by atoms with van der Waals surface area (Å²) in [6.45, 7) is 1.76. The van der Waals surface area contributed by atoms with Gasteiger partial charge in [0.1, 0.15) is 0 Å². The number of halogens is 2. The van der Waals surface area contributed by atoms with Crippen LogP contribution in [0, 0.1) is 18.6 Å². The first-order valence-corrected chi connectivity index (χ1v) is 4.73. The highest BCUT2D eigenvalue weighted by molar-refractivity contribution is 5.63. The standard InChI is InChI=1S/C12H9F2NO/c1-7-5-9(12(16)15-6-7)8-3-2-4-10(13)11(8)14/h2-6H,1H3,(H,15,16). The molecule has 0 amide bonds. The summed E-state index contributed by atoms with van der Waals surface area (Å²) in [5, 5.41) is 0. The Kier molecular flexibility index (Phi) is 2.56. The predicted octanol–water partition coefficient (Wildman–Crippen LogP) is 2.63. The molecule has 16 heavy (non-hydrogen) atoms. The number of nitrogens with one attached hydrogen (secondary N) is 1. The number of aromatic amines is 1. The number of pyridine rings is 1. The zero-order valence-electron chi connectivity index (χ0n) is 8.55. The molecule has 0 aliphatic rings. The Morgan fingerprint density at radius 1 is 1.19 bits per heavy atom. The quantitative estimate of drug-likeness (QED) is 0.788. The number of hydrogen-bond acceptors (Lipinski definition) is 1. The summed E-state index contributed by atoms with van der Waals surface area (Å²) in [5.41, 5.74) is 0.454. The van der Waals surface area contributed by atoms with Crippen LogP contribution in [0.2, 0.25) is 0 Å². The number of benzene rings is 1. The number of aryl methyl sites for hydroxylation is 1. The second kappa shape index (κ2) is 3.89. The van der Waals surface area contributed by atoms with Crippen LogP contribution in [0.15, 0.2) is 35.3 Å². The molecule has 1 aromatic heterocycles. The van der Waals surface area contributed by atoms with Crippen LogP contribution >= 0.6 is 0 Å². The van der Waals surface area contributed by atoms with E-state index in [1.807, 2.05) is 0 Å². The van der Waals surface area contributed by atoms with Gasteiger partial charge in [0.15, 0.2) is 11.6 Å². The maximum Gasteiger partial charge on any atom is 0.255 e. The molecule has 1 aromatic carbocycles. The molecular weight excluding hydrogens is 212 g/mol. The number of aromatic nitrogens is 1. The highest BCUT2D eigenvalue weighted by Gasteiger charge is 2.12. The molecule has 0 fully saturated rings. The molecule has 0 atom stereocenters. The molecule has 0 aliphatic heterocycles. The van der Waals surface area contributed by atoms with Gasteiger partial charge in [0.25, 0.3) is 5.56 Å². The Morgan fingerprint density at radius 3 is 2.69 bits per heavy atom. The fraction of sp³-hybridized carbons (Fsp3) is 0.0833. The van der Waals surface area contributed by atoms with E-state index in [0.29, 0.717) is 0 Å². The van der Waals surface area contributed by atoms with Gasteiger partial charge in [-0.25, -0.2) is 8.78 Å². The lowest BCUT2D eigenvalue weighted by Crippen LogP contribution is -2.09. The molecule has 2 nitrogen and oxygen atoms in total. The summed E-state index contributed by atoms with van der Waals surface area (Å²) in [5.74, 6) is -1.96.